The molecule has 0 aromatic heterocycles. The number of hydrogen-bond donors (Lipinski definition) is 3. The van der Waals surface area contributed by atoms with E-state index in [-0.39, 0.29) is 11.9 Å². The van der Waals surface area contributed by atoms with Gasteiger partial charge in [-0.1, -0.05) is 12.8 Å². The topological polar surface area (TPSA) is 81.1 Å². The van der Waals surface area contributed by atoms with Crippen LogP contribution in [0.4, 0.5) is 0 Å². The zero-order chi connectivity index (χ0) is 8.97. The smallest absolute Gasteiger partial charge is 0.219 e. The van der Waals surface area contributed by atoms with Crippen LogP contribution in [0.25, 0.3) is 0 Å². The highest BCUT2D eigenvalue weighted by molar-refractivity contribution is 5.74. The Bertz CT molecular complexity index is 154. The molecule has 70 valence electrons. The third kappa shape index (κ3) is 2.46. The summed E-state index contributed by atoms with van der Waals surface area (Å²) in [6.07, 6.45) is 5.20. The Balaban J connectivity index is 2.37. The number of nitrogens with one attached hydrogen (secondary N) is 1. The van der Waals surface area contributed by atoms with Gasteiger partial charge in [-0.05, 0) is 18.8 Å². The summed E-state index contributed by atoms with van der Waals surface area (Å²) in [7, 11) is 0. The van der Waals surface area contributed by atoms with Crippen LogP contribution in [0.3, 0.4) is 0 Å². The number of carbonyl (C=O) groups is 1. The van der Waals surface area contributed by atoms with Crippen molar-refractivity contribution in [2.75, 3.05) is 0 Å². The van der Waals surface area contributed by atoms with E-state index >= 15 is 0 Å². The molecule has 0 heterocycles. The molecule has 0 aromatic carbocycles. The summed E-state index contributed by atoms with van der Waals surface area (Å²) in [4.78, 5) is 10.7. The Morgan fingerprint density at radius 2 is 2.08 bits per heavy atom. The second-order valence-electron chi connectivity index (χ2n) is 3.49. The van der Waals surface area contributed by atoms with Gasteiger partial charge >= 0.3 is 0 Å². The van der Waals surface area contributed by atoms with Gasteiger partial charge in [0.05, 0.1) is 0 Å². The molecular formula is C8H17N3O. The number of amides is 1. The van der Waals surface area contributed by atoms with Gasteiger partial charge in [0.2, 0.25) is 5.91 Å². The van der Waals surface area contributed by atoms with Crippen molar-refractivity contribution in [3.05, 3.63) is 0 Å². The highest BCUT2D eigenvalue weighted by Gasteiger charge is 2.24. The predicted molar refractivity (Wildman–Crippen MR) is 46.9 cm³/mol. The van der Waals surface area contributed by atoms with E-state index in [4.69, 9.17) is 11.6 Å². The lowest BCUT2D eigenvalue weighted by Gasteiger charge is -2.20. The standard InChI is InChI=1S/C8H17N3O/c9-8(12)5-7(11-10)6-3-1-2-4-6/h6-7,11H,1-5,10H2,(H2,9,12). The summed E-state index contributed by atoms with van der Waals surface area (Å²) in [5.74, 6) is 5.61. The lowest BCUT2D eigenvalue weighted by atomic mass is 9.96. The van der Waals surface area contributed by atoms with Crippen molar-refractivity contribution in [3.8, 4) is 0 Å². The first-order valence-corrected chi connectivity index (χ1v) is 4.48. The average molecular weight is 171 g/mol. The maximum absolute atomic E-state index is 10.7. The molecule has 1 amide bonds. The first-order chi connectivity index (χ1) is 5.74. The molecule has 0 bridgehead atoms. The fraction of sp³-hybridized carbons (Fsp3) is 0.875. The summed E-state index contributed by atoms with van der Waals surface area (Å²) < 4.78 is 0. The third-order valence-electron chi connectivity index (χ3n) is 2.60. The third-order valence-corrected chi connectivity index (χ3v) is 2.60. The molecular weight excluding hydrogens is 154 g/mol. The van der Waals surface area contributed by atoms with Crippen LogP contribution in [0, 0.1) is 5.92 Å². The molecule has 0 aliphatic heterocycles. The van der Waals surface area contributed by atoms with E-state index in [1.165, 1.54) is 25.7 Å². The van der Waals surface area contributed by atoms with Crippen molar-refractivity contribution >= 4 is 5.91 Å². The molecule has 1 saturated carbocycles. The molecule has 4 nitrogen and oxygen atoms in total. The van der Waals surface area contributed by atoms with Crippen LogP contribution >= 0.6 is 0 Å². The van der Waals surface area contributed by atoms with E-state index in [2.05, 4.69) is 5.43 Å². The molecule has 4 heteroatoms. The van der Waals surface area contributed by atoms with Crippen molar-refractivity contribution in [1.29, 1.82) is 0 Å². The highest BCUT2D eigenvalue weighted by atomic mass is 16.1. The summed E-state index contributed by atoms with van der Waals surface area (Å²) >= 11 is 0. The van der Waals surface area contributed by atoms with Gasteiger partial charge in [0, 0.05) is 12.5 Å². The maximum Gasteiger partial charge on any atom is 0.219 e. The SMILES string of the molecule is NNC(CC(N)=O)C1CCCC1. The first-order valence-electron chi connectivity index (χ1n) is 4.48. The Hall–Kier alpha value is -0.610. The minimum atomic E-state index is -0.273. The average Bonchev–Trinajstić information content (AvgIpc) is 2.51. The van der Waals surface area contributed by atoms with E-state index in [1.54, 1.807) is 0 Å². The Kier molecular flexibility index (Phi) is 3.49. The van der Waals surface area contributed by atoms with Crippen molar-refractivity contribution in [1.82, 2.24) is 5.43 Å². The summed E-state index contributed by atoms with van der Waals surface area (Å²) in [5, 5.41) is 0. The van der Waals surface area contributed by atoms with Gasteiger partial charge in [0.25, 0.3) is 0 Å². The van der Waals surface area contributed by atoms with Crippen LogP contribution in [-0.4, -0.2) is 11.9 Å². The number of nitrogens with two attached hydrogens (primary N) is 2. The predicted octanol–water partition coefficient (Wildman–Crippen LogP) is -0.116. The monoisotopic (exact) mass is 171 g/mol. The lowest BCUT2D eigenvalue weighted by molar-refractivity contribution is -0.118. The minimum Gasteiger partial charge on any atom is -0.370 e. The zero-order valence-corrected chi connectivity index (χ0v) is 7.25. The van der Waals surface area contributed by atoms with Crippen LogP contribution in [0.1, 0.15) is 32.1 Å². The van der Waals surface area contributed by atoms with Gasteiger partial charge in [-0.2, -0.15) is 0 Å². The molecule has 5 N–H and O–H groups in total. The molecule has 1 aliphatic carbocycles. The second-order valence-corrected chi connectivity index (χ2v) is 3.49. The molecule has 0 spiro atoms. The van der Waals surface area contributed by atoms with E-state index in [9.17, 15) is 4.79 Å². The number of hydrogen-bond acceptors (Lipinski definition) is 3. The van der Waals surface area contributed by atoms with Crippen LogP contribution in [0.5, 0.6) is 0 Å². The van der Waals surface area contributed by atoms with Gasteiger partial charge < -0.3 is 5.73 Å². The fourth-order valence-electron chi connectivity index (χ4n) is 1.94. The maximum atomic E-state index is 10.7. The molecule has 1 atom stereocenters. The Morgan fingerprint density at radius 3 is 2.50 bits per heavy atom. The van der Waals surface area contributed by atoms with E-state index in [0.717, 1.165) is 0 Å². The summed E-state index contributed by atoms with van der Waals surface area (Å²) in [5.41, 5.74) is 7.78. The van der Waals surface area contributed by atoms with E-state index in [0.29, 0.717) is 12.3 Å². The van der Waals surface area contributed by atoms with E-state index in [1.807, 2.05) is 0 Å². The number of carbonyl (C=O) groups excluding carboxylic acids is 1. The second kappa shape index (κ2) is 4.42. The molecule has 1 fully saturated rings. The van der Waals surface area contributed by atoms with Crippen LogP contribution in [-0.2, 0) is 4.79 Å². The Labute approximate surface area is 72.6 Å². The fourth-order valence-corrected chi connectivity index (χ4v) is 1.94. The largest absolute Gasteiger partial charge is 0.370 e. The van der Waals surface area contributed by atoms with E-state index < -0.39 is 0 Å². The molecule has 1 rings (SSSR count). The quantitative estimate of drug-likeness (QED) is 0.407. The van der Waals surface area contributed by atoms with Gasteiger partial charge in [-0.25, -0.2) is 0 Å². The highest BCUT2D eigenvalue weighted by Crippen LogP contribution is 2.28. The van der Waals surface area contributed by atoms with Crippen molar-refractivity contribution in [2.24, 2.45) is 17.5 Å². The van der Waals surface area contributed by atoms with Crippen LogP contribution in [0.2, 0.25) is 0 Å². The molecule has 1 unspecified atom stereocenters. The van der Waals surface area contributed by atoms with Crippen molar-refractivity contribution in [3.63, 3.8) is 0 Å². The van der Waals surface area contributed by atoms with Gasteiger partial charge in [0.1, 0.15) is 0 Å². The molecule has 1 aliphatic rings. The van der Waals surface area contributed by atoms with Gasteiger partial charge in [-0.15, -0.1) is 0 Å². The Morgan fingerprint density at radius 1 is 1.50 bits per heavy atom. The molecule has 0 radical (unpaired) electrons. The molecule has 12 heavy (non-hydrogen) atoms. The molecule has 0 saturated heterocycles. The van der Waals surface area contributed by atoms with Crippen molar-refractivity contribution < 1.29 is 4.79 Å². The zero-order valence-electron chi connectivity index (χ0n) is 7.25. The molecule has 0 aromatic rings. The van der Waals surface area contributed by atoms with Crippen molar-refractivity contribution in [2.45, 2.75) is 38.1 Å². The van der Waals surface area contributed by atoms with Gasteiger partial charge in [0.15, 0.2) is 0 Å². The number of rotatable bonds is 4. The van der Waals surface area contributed by atoms with Crippen LogP contribution in [0.15, 0.2) is 0 Å². The van der Waals surface area contributed by atoms with Gasteiger partial charge in [-0.3, -0.25) is 16.1 Å². The normalized spacial score (nSPS) is 21.1. The summed E-state index contributed by atoms with van der Waals surface area (Å²) in [6, 6.07) is 0.0880. The number of hydrazine groups is 1. The number of primary amides is 1. The van der Waals surface area contributed by atoms with Crippen LogP contribution < -0.4 is 17.0 Å². The first kappa shape index (κ1) is 9.48. The summed E-state index contributed by atoms with van der Waals surface area (Å²) in [6.45, 7) is 0. The lowest BCUT2D eigenvalue weighted by Crippen LogP contribution is -2.42. The minimum absolute atomic E-state index is 0.0880.